The van der Waals surface area contributed by atoms with Crippen molar-refractivity contribution in [1.29, 1.82) is 0 Å². The molecule has 0 aliphatic carbocycles. The molecule has 6 nitrogen and oxygen atoms in total. The third kappa shape index (κ3) is 9.54. The predicted octanol–water partition coefficient (Wildman–Crippen LogP) is 9.98. The summed E-state index contributed by atoms with van der Waals surface area (Å²) >= 11 is 0. The average molecular weight is 607 g/mol. The van der Waals surface area contributed by atoms with E-state index in [0.29, 0.717) is 16.7 Å². The van der Waals surface area contributed by atoms with E-state index in [4.69, 9.17) is 14.2 Å². The highest BCUT2D eigenvalue weighted by Gasteiger charge is 2.66. The topological polar surface area (TPSA) is 78.9 Å². The monoisotopic (exact) mass is 606 g/mol. The van der Waals surface area contributed by atoms with E-state index in [9.17, 15) is 14.4 Å². The summed E-state index contributed by atoms with van der Waals surface area (Å²) in [7, 11) is 0. The first-order valence-electron chi connectivity index (χ1n) is 15.6. The van der Waals surface area contributed by atoms with Gasteiger partial charge in [-0.15, -0.1) is 0 Å². The summed E-state index contributed by atoms with van der Waals surface area (Å²) in [6.07, 6.45) is 0. The summed E-state index contributed by atoms with van der Waals surface area (Å²) in [6, 6.07) is 25.9. The minimum absolute atomic E-state index is 0.376. The Bertz CT molecular complexity index is 1100. The van der Waals surface area contributed by atoms with Gasteiger partial charge in [-0.3, -0.25) is 0 Å². The zero-order valence-electron chi connectivity index (χ0n) is 29.1. The first-order chi connectivity index (χ1) is 20.7. The van der Waals surface area contributed by atoms with Gasteiger partial charge in [-0.1, -0.05) is 96.1 Å². The fraction of sp³-hybridized carbons (Fsp3) is 0.447. The molecule has 242 valence electrons. The van der Waals surface area contributed by atoms with Gasteiger partial charge >= 0.3 is 17.9 Å². The predicted molar refractivity (Wildman–Crippen MR) is 180 cm³/mol. The number of carbonyl (C=O) groups is 3. The Labute approximate surface area is 266 Å². The molecular formula is C38H54O6. The lowest BCUT2D eigenvalue weighted by molar-refractivity contribution is -0.236. The highest BCUT2D eigenvalue weighted by molar-refractivity contribution is 5.91. The van der Waals surface area contributed by atoms with Gasteiger partial charge < -0.3 is 14.2 Å². The second-order valence-corrected chi connectivity index (χ2v) is 10.9. The van der Waals surface area contributed by atoms with Crippen LogP contribution < -0.4 is 0 Å². The number of ether oxygens (including phenoxy) is 3. The summed E-state index contributed by atoms with van der Waals surface area (Å²) in [5.74, 6) is -1.63. The minimum Gasteiger partial charge on any atom is -0.455 e. The van der Waals surface area contributed by atoms with Gasteiger partial charge in [0.25, 0.3) is 0 Å². The van der Waals surface area contributed by atoms with E-state index in [0.717, 1.165) is 0 Å². The summed E-state index contributed by atoms with van der Waals surface area (Å²) in [5, 5.41) is 0. The molecule has 6 heteroatoms. The summed E-state index contributed by atoms with van der Waals surface area (Å²) < 4.78 is 18.3. The van der Waals surface area contributed by atoms with Crippen LogP contribution >= 0.6 is 0 Å². The van der Waals surface area contributed by atoms with E-state index in [1.165, 1.54) is 0 Å². The van der Waals surface area contributed by atoms with Crippen LogP contribution in [-0.4, -0.2) is 34.7 Å². The van der Waals surface area contributed by atoms with Gasteiger partial charge in [0, 0.05) is 0 Å². The maximum Gasteiger partial charge on any atom is 0.338 e. The summed E-state index contributed by atoms with van der Waals surface area (Å²) in [4.78, 5) is 39.6. The Hall–Kier alpha value is -3.93. The molecule has 0 N–H and O–H groups in total. The molecular weight excluding hydrogens is 552 g/mol. The summed E-state index contributed by atoms with van der Waals surface area (Å²) in [6.45, 7) is 24.2. The second kappa shape index (κ2) is 18.0. The number of hydrogen-bond acceptors (Lipinski definition) is 6. The molecule has 0 bridgehead atoms. The SMILES string of the molecule is CC.CC.CC.CC(C)(OC(=O)c1ccccc1)C(C)(C(C)(C)OC(=O)c1ccccc1)C(C)(C)OC(=O)c1ccccc1. The fourth-order valence-corrected chi connectivity index (χ4v) is 5.08. The van der Waals surface area contributed by atoms with E-state index in [1.54, 1.807) is 114 Å². The molecule has 3 rings (SSSR count). The highest BCUT2D eigenvalue weighted by Crippen LogP contribution is 2.54. The Kier molecular flexibility index (Phi) is 16.4. The lowest BCUT2D eigenvalue weighted by atomic mass is 9.56. The number of hydrogen-bond donors (Lipinski definition) is 0. The van der Waals surface area contributed by atoms with Crippen LogP contribution in [0, 0.1) is 5.41 Å². The van der Waals surface area contributed by atoms with Crippen LogP contribution in [-0.2, 0) is 14.2 Å². The van der Waals surface area contributed by atoms with Crippen molar-refractivity contribution in [1.82, 2.24) is 0 Å². The van der Waals surface area contributed by atoms with E-state index >= 15 is 0 Å². The number of carbonyl (C=O) groups excluding carboxylic acids is 3. The summed E-state index contributed by atoms with van der Waals surface area (Å²) in [5.41, 5.74) is -4.00. The largest absolute Gasteiger partial charge is 0.455 e. The van der Waals surface area contributed by atoms with Gasteiger partial charge in [0.05, 0.1) is 22.1 Å². The molecule has 0 spiro atoms. The molecule has 0 saturated heterocycles. The zero-order chi connectivity index (χ0) is 34.2. The van der Waals surface area contributed by atoms with Crippen molar-refractivity contribution >= 4 is 17.9 Å². The molecule has 0 aliphatic rings. The zero-order valence-corrected chi connectivity index (χ0v) is 29.1. The Morgan fingerprint density at radius 2 is 0.568 bits per heavy atom. The van der Waals surface area contributed by atoms with Crippen molar-refractivity contribution in [2.24, 2.45) is 5.41 Å². The number of rotatable bonds is 9. The maximum atomic E-state index is 13.2. The minimum atomic E-state index is -1.29. The van der Waals surface area contributed by atoms with Crippen molar-refractivity contribution in [3.8, 4) is 0 Å². The molecule has 0 heterocycles. The standard InChI is InChI=1S/C32H36O6.3C2H6/c1-29(2,36-26(33)23-17-11-8-12-18-23)32(7,30(3,4)37-27(34)24-19-13-9-14-20-24)31(5,6)38-28(35)25-21-15-10-16-22-25;3*1-2/h8-22H,1-7H3;3*1-2H3. The van der Waals surface area contributed by atoms with Crippen molar-refractivity contribution in [2.75, 3.05) is 0 Å². The first-order valence-corrected chi connectivity index (χ1v) is 15.6. The fourth-order valence-electron chi connectivity index (χ4n) is 5.08. The molecule has 0 radical (unpaired) electrons. The molecule has 0 aromatic heterocycles. The van der Waals surface area contributed by atoms with E-state index in [-0.39, 0.29) is 0 Å². The van der Waals surface area contributed by atoms with E-state index in [1.807, 2.05) is 66.7 Å². The van der Waals surface area contributed by atoms with Crippen molar-refractivity contribution in [3.05, 3.63) is 108 Å². The van der Waals surface area contributed by atoms with Crippen LogP contribution in [0.2, 0.25) is 0 Å². The van der Waals surface area contributed by atoms with E-state index < -0.39 is 40.1 Å². The molecule has 0 amide bonds. The number of esters is 3. The van der Waals surface area contributed by atoms with Crippen molar-refractivity contribution < 1.29 is 28.6 Å². The molecule has 0 aliphatic heterocycles. The Morgan fingerprint density at radius 3 is 0.750 bits per heavy atom. The van der Waals surface area contributed by atoms with Gasteiger partial charge in [0.15, 0.2) is 0 Å². The maximum absolute atomic E-state index is 13.2. The number of benzene rings is 3. The van der Waals surface area contributed by atoms with Gasteiger partial charge in [-0.05, 0) is 84.9 Å². The van der Waals surface area contributed by atoms with Crippen LogP contribution in [0.1, 0.15) is 121 Å². The molecule has 0 fully saturated rings. The van der Waals surface area contributed by atoms with Crippen LogP contribution in [0.4, 0.5) is 0 Å². The first kappa shape index (κ1) is 40.1. The molecule has 3 aromatic carbocycles. The average Bonchev–Trinajstić information content (AvgIpc) is 3.04. The van der Waals surface area contributed by atoms with Crippen LogP contribution in [0.3, 0.4) is 0 Å². The second-order valence-electron chi connectivity index (χ2n) is 10.9. The normalized spacial score (nSPS) is 11.1. The van der Waals surface area contributed by atoms with E-state index in [2.05, 4.69) is 0 Å². The lowest BCUT2D eigenvalue weighted by Gasteiger charge is -2.58. The quantitative estimate of drug-likeness (QED) is 0.178. The van der Waals surface area contributed by atoms with Crippen molar-refractivity contribution in [2.45, 2.75) is 107 Å². The smallest absolute Gasteiger partial charge is 0.338 e. The van der Waals surface area contributed by atoms with Crippen LogP contribution in [0.5, 0.6) is 0 Å². The van der Waals surface area contributed by atoms with Gasteiger partial charge in [0.2, 0.25) is 0 Å². The molecule has 44 heavy (non-hydrogen) atoms. The van der Waals surface area contributed by atoms with Crippen LogP contribution in [0.25, 0.3) is 0 Å². The third-order valence-corrected chi connectivity index (χ3v) is 7.68. The molecule has 0 unspecified atom stereocenters. The third-order valence-electron chi connectivity index (χ3n) is 7.68. The van der Waals surface area contributed by atoms with Gasteiger partial charge in [-0.25, -0.2) is 14.4 Å². The Balaban J connectivity index is 0.00000290. The van der Waals surface area contributed by atoms with Gasteiger partial charge in [0.1, 0.15) is 16.8 Å². The highest BCUT2D eigenvalue weighted by atomic mass is 16.6. The lowest BCUT2D eigenvalue weighted by Crippen LogP contribution is -2.68. The molecule has 0 saturated carbocycles. The van der Waals surface area contributed by atoms with Gasteiger partial charge in [-0.2, -0.15) is 0 Å². The van der Waals surface area contributed by atoms with Crippen molar-refractivity contribution in [3.63, 3.8) is 0 Å². The molecule has 3 aromatic rings. The molecule has 0 atom stereocenters. The van der Waals surface area contributed by atoms with Crippen LogP contribution in [0.15, 0.2) is 91.0 Å². The Morgan fingerprint density at radius 1 is 0.386 bits per heavy atom.